The second-order valence-electron chi connectivity index (χ2n) is 4.44. The molecule has 2 aromatic carbocycles. The molecule has 0 saturated carbocycles. The third kappa shape index (κ3) is 4.94. The van der Waals surface area contributed by atoms with Gasteiger partial charge in [-0.2, -0.15) is 5.26 Å². The SMILES string of the molecule is N#CC(N=Nc1cc(Cl)cc(Cl)c1O)N=Nc1cc(Cl)cc(Cl)c1O. The minimum atomic E-state index is -1.35. The van der Waals surface area contributed by atoms with E-state index in [1.807, 2.05) is 0 Å². The van der Waals surface area contributed by atoms with Gasteiger partial charge in [-0.15, -0.1) is 20.5 Å². The van der Waals surface area contributed by atoms with Crippen LogP contribution >= 0.6 is 46.4 Å². The Kier molecular flexibility index (Phi) is 6.39. The van der Waals surface area contributed by atoms with Crippen LogP contribution in [0.3, 0.4) is 0 Å². The van der Waals surface area contributed by atoms with E-state index in [1.165, 1.54) is 24.3 Å². The molecule has 0 spiro atoms. The lowest BCUT2D eigenvalue weighted by molar-refractivity contribution is 0.476. The summed E-state index contributed by atoms with van der Waals surface area (Å²) in [5.74, 6) is -0.689. The molecule has 0 aromatic heterocycles. The lowest BCUT2D eigenvalue weighted by Crippen LogP contribution is -1.92. The lowest BCUT2D eigenvalue weighted by atomic mass is 10.3. The lowest BCUT2D eigenvalue weighted by Gasteiger charge is -2.02. The zero-order chi connectivity index (χ0) is 18.6. The van der Waals surface area contributed by atoms with Gasteiger partial charge in [-0.1, -0.05) is 46.4 Å². The molecule has 128 valence electrons. The summed E-state index contributed by atoms with van der Waals surface area (Å²) in [4.78, 5) is 0. The van der Waals surface area contributed by atoms with E-state index in [4.69, 9.17) is 51.7 Å². The summed E-state index contributed by atoms with van der Waals surface area (Å²) < 4.78 is 0. The molecule has 0 atom stereocenters. The summed E-state index contributed by atoms with van der Waals surface area (Å²) in [5, 5.41) is 43.6. The van der Waals surface area contributed by atoms with Crippen LogP contribution in [-0.4, -0.2) is 16.4 Å². The minimum Gasteiger partial charge on any atom is -0.504 e. The summed E-state index contributed by atoms with van der Waals surface area (Å²) in [6.07, 6.45) is -1.35. The van der Waals surface area contributed by atoms with Gasteiger partial charge in [0.2, 0.25) is 0 Å². The van der Waals surface area contributed by atoms with E-state index in [0.717, 1.165) is 0 Å². The number of azo groups is 2. The van der Waals surface area contributed by atoms with Gasteiger partial charge in [-0.05, 0) is 24.3 Å². The second-order valence-corrected chi connectivity index (χ2v) is 6.13. The van der Waals surface area contributed by atoms with E-state index in [9.17, 15) is 10.2 Å². The summed E-state index contributed by atoms with van der Waals surface area (Å²) in [6.45, 7) is 0. The Balaban J connectivity index is 2.26. The van der Waals surface area contributed by atoms with Crippen LogP contribution in [0.25, 0.3) is 0 Å². The third-order valence-electron chi connectivity index (χ3n) is 2.68. The number of hydrogen-bond acceptors (Lipinski definition) is 7. The molecular weight excluding hydrogens is 412 g/mol. The Hall–Kier alpha value is -2.11. The summed E-state index contributed by atoms with van der Waals surface area (Å²) in [6, 6.07) is 6.98. The summed E-state index contributed by atoms with van der Waals surface area (Å²) in [7, 11) is 0. The van der Waals surface area contributed by atoms with E-state index in [0.29, 0.717) is 0 Å². The first-order valence-electron chi connectivity index (χ1n) is 6.39. The maximum absolute atomic E-state index is 9.77. The Morgan fingerprint density at radius 2 is 1.20 bits per heavy atom. The number of nitrogens with zero attached hydrogens (tertiary/aromatic N) is 5. The summed E-state index contributed by atoms with van der Waals surface area (Å²) >= 11 is 23.1. The zero-order valence-electron chi connectivity index (χ0n) is 12.0. The first-order chi connectivity index (χ1) is 11.8. The monoisotopic (exact) mass is 417 g/mol. The predicted molar refractivity (Wildman–Crippen MR) is 94.7 cm³/mol. The van der Waals surface area contributed by atoms with Crippen LogP contribution in [0.5, 0.6) is 11.5 Å². The highest BCUT2D eigenvalue weighted by molar-refractivity contribution is 6.36. The van der Waals surface area contributed by atoms with Crippen molar-refractivity contribution in [2.24, 2.45) is 20.5 Å². The maximum Gasteiger partial charge on any atom is 0.266 e. The third-order valence-corrected chi connectivity index (χ3v) is 3.69. The predicted octanol–water partition coefficient (Wildman–Crippen LogP) is 6.43. The number of hydrogen-bond donors (Lipinski definition) is 2. The van der Waals surface area contributed by atoms with Gasteiger partial charge in [0.05, 0.1) is 10.0 Å². The van der Waals surface area contributed by atoms with Crippen molar-refractivity contribution in [1.29, 1.82) is 5.26 Å². The summed E-state index contributed by atoms with van der Waals surface area (Å²) in [5.41, 5.74) is -0.0804. The molecule has 0 aliphatic carbocycles. The van der Waals surface area contributed by atoms with Crippen molar-refractivity contribution in [1.82, 2.24) is 0 Å². The van der Waals surface area contributed by atoms with Gasteiger partial charge >= 0.3 is 0 Å². The Bertz CT molecular complexity index is 844. The van der Waals surface area contributed by atoms with Crippen molar-refractivity contribution >= 4 is 57.8 Å². The molecule has 0 amide bonds. The normalized spacial score (nSPS) is 12.6. The van der Waals surface area contributed by atoms with Crippen LogP contribution in [-0.2, 0) is 0 Å². The number of phenols is 2. The molecule has 2 N–H and O–H groups in total. The molecule has 0 heterocycles. The first-order valence-corrected chi connectivity index (χ1v) is 7.90. The molecule has 0 aliphatic rings. The highest BCUT2D eigenvalue weighted by Crippen LogP contribution is 2.38. The van der Waals surface area contributed by atoms with Gasteiger partial charge < -0.3 is 10.2 Å². The van der Waals surface area contributed by atoms with Crippen LogP contribution in [0.15, 0.2) is 44.7 Å². The molecule has 0 bridgehead atoms. The van der Waals surface area contributed by atoms with Gasteiger partial charge in [-0.3, -0.25) is 0 Å². The Morgan fingerprint density at radius 1 is 0.800 bits per heavy atom. The van der Waals surface area contributed by atoms with Gasteiger partial charge in [0.1, 0.15) is 17.4 Å². The molecule has 11 heteroatoms. The van der Waals surface area contributed by atoms with Gasteiger partial charge in [0.15, 0.2) is 11.5 Å². The van der Waals surface area contributed by atoms with Crippen molar-refractivity contribution in [3.63, 3.8) is 0 Å². The molecule has 2 aromatic rings. The minimum absolute atomic E-state index is 0.0184. The van der Waals surface area contributed by atoms with Crippen LogP contribution in [0.2, 0.25) is 20.1 Å². The van der Waals surface area contributed by atoms with Crippen LogP contribution in [0.4, 0.5) is 11.4 Å². The molecule has 25 heavy (non-hydrogen) atoms. The number of aromatic hydroxyl groups is 2. The van der Waals surface area contributed by atoms with Crippen molar-refractivity contribution in [2.45, 2.75) is 6.17 Å². The van der Waals surface area contributed by atoms with Crippen LogP contribution < -0.4 is 0 Å². The molecular formula is C14H7Cl4N5O2. The highest BCUT2D eigenvalue weighted by atomic mass is 35.5. The van der Waals surface area contributed by atoms with Crippen molar-refractivity contribution < 1.29 is 10.2 Å². The van der Waals surface area contributed by atoms with Crippen molar-refractivity contribution in [3.05, 3.63) is 44.4 Å². The fourth-order valence-corrected chi connectivity index (χ4v) is 2.53. The topological polar surface area (TPSA) is 114 Å². The van der Waals surface area contributed by atoms with E-state index in [-0.39, 0.29) is 43.0 Å². The number of rotatable bonds is 4. The van der Waals surface area contributed by atoms with E-state index < -0.39 is 6.17 Å². The van der Waals surface area contributed by atoms with Gasteiger partial charge in [0.25, 0.3) is 6.17 Å². The van der Waals surface area contributed by atoms with Crippen LogP contribution in [0, 0.1) is 11.3 Å². The van der Waals surface area contributed by atoms with Gasteiger partial charge in [-0.25, -0.2) is 0 Å². The van der Waals surface area contributed by atoms with E-state index >= 15 is 0 Å². The van der Waals surface area contributed by atoms with Crippen molar-refractivity contribution in [2.75, 3.05) is 0 Å². The zero-order valence-corrected chi connectivity index (χ0v) is 15.1. The average Bonchev–Trinajstić information content (AvgIpc) is 2.55. The molecule has 0 saturated heterocycles. The molecule has 0 radical (unpaired) electrons. The fourth-order valence-electron chi connectivity index (χ4n) is 1.57. The van der Waals surface area contributed by atoms with Gasteiger partial charge in [0, 0.05) is 10.0 Å². The maximum atomic E-state index is 9.77. The molecule has 2 rings (SSSR count). The average molecular weight is 419 g/mol. The standard InChI is InChI=1S/C14H7Cl4N5O2/c15-6-1-8(17)13(24)10(3-6)20-22-12(5-19)23-21-11-4-7(16)2-9(18)14(11)25/h1-4,12,24-25H. The molecule has 0 fully saturated rings. The Labute approximate surface area is 161 Å². The smallest absolute Gasteiger partial charge is 0.266 e. The molecule has 0 unspecified atom stereocenters. The molecule has 7 nitrogen and oxygen atoms in total. The molecule has 0 aliphatic heterocycles. The highest BCUT2D eigenvalue weighted by Gasteiger charge is 2.11. The fraction of sp³-hybridized carbons (Fsp3) is 0.0714. The number of nitriles is 1. The van der Waals surface area contributed by atoms with Crippen LogP contribution in [0.1, 0.15) is 0 Å². The van der Waals surface area contributed by atoms with E-state index in [2.05, 4.69) is 20.5 Å². The first kappa shape index (κ1) is 19.2. The largest absolute Gasteiger partial charge is 0.504 e. The number of benzene rings is 2. The second kappa shape index (κ2) is 8.32. The quantitative estimate of drug-likeness (QED) is 0.557. The Morgan fingerprint density at radius 3 is 1.56 bits per heavy atom. The number of halogens is 4. The van der Waals surface area contributed by atoms with E-state index in [1.54, 1.807) is 6.07 Å². The number of phenolic OH excluding ortho intramolecular Hbond substituents is 2. The van der Waals surface area contributed by atoms with Crippen molar-refractivity contribution in [3.8, 4) is 17.6 Å².